The molecule has 186 valence electrons. The van der Waals surface area contributed by atoms with Gasteiger partial charge in [-0.15, -0.1) is 10.2 Å². The summed E-state index contributed by atoms with van der Waals surface area (Å²) in [5, 5.41) is 12.8. The lowest BCUT2D eigenvalue weighted by atomic mass is 10.1. The van der Waals surface area contributed by atoms with Crippen LogP contribution in [0.4, 0.5) is 8.78 Å². The molecule has 36 heavy (non-hydrogen) atoms. The lowest BCUT2D eigenvalue weighted by Crippen LogP contribution is -2.22. The van der Waals surface area contributed by atoms with Gasteiger partial charge in [-0.25, -0.2) is 8.78 Å². The molecule has 0 bridgehead atoms. The zero-order valence-corrected chi connectivity index (χ0v) is 21.0. The van der Waals surface area contributed by atoms with Crippen LogP contribution >= 0.6 is 23.4 Å². The molecule has 0 aliphatic heterocycles. The molecule has 0 saturated heterocycles. The van der Waals surface area contributed by atoms with Gasteiger partial charge < -0.3 is 5.32 Å². The summed E-state index contributed by atoms with van der Waals surface area (Å²) in [6.45, 7) is 0.366. The maximum Gasteiger partial charge on any atom is 0.220 e. The van der Waals surface area contributed by atoms with Crippen LogP contribution in [0.3, 0.4) is 0 Å². The summed E-state index contributed by atoms with van der Waals surface area (Å²) in [6.07, 6.45) is 2.41. The molecule has 0 atom stereocenters. The number of aryl methyl sites for hydroxylation is 1. The van der Waals surface area contributed by atoms with Gasteiger partial charge in [0, 0.05) is 30.2 Å². The molecule has 4 aromatic rings. The minimum Gasteiger partial charge on any atom is -0.352 e. The molecule has 4 rings (SSSR count). The van der Waals surface area contributed by atoms with Crippen molar-refractivity contribution in [2.75, 3.05) is 0 Å². The molecular weight excluding hydrogens is 502 g/mol. The van der Waals surface area contributed by atoms with Gasteiger partial charge in [0.2, 0.25) is 5.91 Å². The van der Waals surface area contributed by atoms with Gasteiger partial charge in [-0.05, 0) is 60.4 Å². The van der Waals surface area contributed by atoms with Crippen molar-refractivity contribution in [2.45, 2.75) is 43.1 Å². The highest BCUT2D eigenvalue weighted by Gasteiger charge is 2.16. The molecule has 0 radical (unpaired) electrons. The number of benzene rings is 3. The Morgan fingerprint density at radius 3 is 2.56 bits per heavy atom. The number of carbonyl (C=O) groups excluding carboxylic acids is 1. The molecule has 1 aromatic heterocycles. The molecular formula is C27H25ClF2N4OS. The largest absolute Gasteiger partial charge is 0.352 e. The predicted octanol–water partition coefficient (Wildman–Crippen LogP) is 6.52. The van der Waals surface area contributed by atoms with Gasteiger partial charge >= 0.3 is 0 Å². The highest BCUT2D eigenvalue weighted by Crippen LogP contribution is 2.28. The van der Waals surface area contributed by atoms with Crippen molar-refractivity contribution in [1.29, 1.82) is 0 Å². The number of amides is 1. The van der Waals surface area contributed by atoms with Crippen LogP contribution < -0.4 is 5.32 Å². The van der Waals surface area contributed by atoms with Gasteiger partial charge in [0.25, 0.3) is 0 Å². The Morgan fingerprint density at radius 1 is 0.972 bits per heavy atom. The van der Waals surface area contributed by atoms with Crippen molar-refractivity contribution in [2.24, 2.45) is 0 Å². The Bertz CT molecular complexity index is 1310. The summed E-state index contributed by atoms with van der Waals surface area (Å²) in [5.74, 6) is 0.553. The van der Waals surface area contributed by atoms with Gasteiger partial charge in [0.1, 0.15) is 17.5 Å². The number of nitrogens with zero attached hydrogens (tertiary/aromatic N) is 3. The molecule has 0 aliphatic carbocycles. The number of rotatable bonds is 11. The molecule has 0 fully saturated rings. The lowest BCUT2D eigenvalue weighted by Gasteiger charge is -2.11. The van der Waals surface area contributed by atoms with Crippen LogP contribution in [0.25, 0.3) is 5.69 Å². The first-order valence-electron chi connectivity index (χ1n) is 11.6. The summed E-state index contributed by atoms with van der Waals surface area (Å²) in [6, 6.07) is 20.1. The first-order valence-corrected chi connectivity index (χ1v) is 12.9. The molecule has 1 amide bonds. The van der Waals surface area contributed by atoms with Gasteiger partial charge in [-0.1, -0.05) is 59.8 Å². The van der Waals surface area contributed by atoms with Crippen LogP contribution in [0.5, 0.6) is 0 Å². The number of halogens is 3. The number of carbonyl (C=O) groups is 1. The van der Waals surface area contributed by atoms with Crippen molar-refractivity contribution in [1.82, 2.24) is 20.1 Å². The van der Waals surface area contributed by atoms with Crippen LogP contribution in [0.2, 0.25) is 5.02 Å². The van der Waals surface area contributed by atoms with Gasteiger partial charge in [-0.3, -0.25) is 9.36 Å². The van der Waals surface area contributed by atoms with E-state index in [2.05, 4.69) is 15.5 Å². The summed E-state index contributed by atoms with van der Waals surface area (Å²) in [7, 11) is 0. The van der Waals surface area contributed by atoms with E-state index in [1.165, 1.54) is 30.0 Å². The minimum absolute atomic E-state index is 0.0586. The number of thioether (sulfide) groups is 1. The van der Waals surface area contributed by atoms with Gasteiger partial charge in [-0.2, -0.15) is 0 Å². The van der Waals surface area contributed by atoms with Crippen LogP contribution in [0.15, 0.2) is 78.0 Å². The molecule has 1 heterocycles. The standard InChI is InChI=1S/C27H25ClF2N4OS/c28-21-7-5-8-23(16-21)34-25(32-33-27(34)36-18-20-6-1-2-9-24(20)30)10-3-4-11-26(35)31-17-19-12-14-22(29)15-13-19/h1-2,5-9,12-16H,3-4,10-11,17-18H2,(H,31,35). The minimum atomic E-state index is -0.301. The SMILES string of the molecule is O=C(CCCCc1nnc(SCc2ccccc2F)n1-c1cccc(Cl)c1)NCc1ccc(F)cc1. The van der Waals surface area contributed by atoms with Crippen molar-refractivity contribution < 1.29 is 13.6 Å². The summed E-state index contributed by atoms with van der Waals surface area (Å²) < 4.78 is 29.0. The Morgan fingerprint density at radius 2 is 1.78 bits per heavy atom. The van der Waals surface area contributed by atoms with Crippen molar-refractivity contribution in [3.05, 3.63) is 106 Å². The normalized spacial score (nSPS) is 11.0. The molecule has 3 aromatic carbocycles. The van der Waals surface area contributed by atoms with Crippen LogP contribution in [0, 0.1) is 11.6 Å². The Kier molecular flexibility index (Phi) is 9.08. The summed E-state index contributed by atoms with van der Waals surface area (Å²) in [4.78, 5) is 12.2. The van der Waals surface area contributed by atoms with Crippen molar-refractivity contribution >= 4 is 29.3 Å². The molecule has 0 spiro atoms. The fourth-order valence-corrected chi connectivity index (χ4v) is 4.79. The third-order valence-electron chi connectivity index (χ3n) is 5.54. The Balaban J connectivity index is 1.36. The van der Waals surface area contributed by atoms with E-state index in [-0.39, 0.29) is 17.5 Å². The van der Waals surface area contributed by atoms with E-state index in [1.807, 2.05) is 28.8 Å². The van der Waals surface area contributed by atoms with Crippen LogP contribution in [-0.2, 0) is 23.5 Å². The second-order valence-electron chi connectivity index (χ2n) is 8.20. The smallest absolute Gasteiger partial charge is 0.220 e. The Hall–Kier alpha value is -3.23. The van der Waals surface area contributed by atoms with E-state index < -0.39 is 0 Å². The second kappa shape index (κ2) is 12.6. The van der Waals surface area contributed by atoms with Gasteiger partial charge in [0.05, 0.1) is 5.69 Å². The van der Waals surface area contributed by atoms with Crippen molar-refractivity contribution in [3.8, 4) is 5.69 Å². The average Bonchev–Trinajstić information content (AvgIpc) is 3.28. The fraction of sp³-hybridized carbons (Fsp3) is 0.222. The molecule has 1 N–H and O–H groups in total. The van der Waals surface area contributed by atoms with E-state index in [0.717, 1.165) is 23.5 Å². The first-order chi connectivity index (χ1) is 17.5. The number of hydrogen-bond donors (Lipinski definition) is 1. The number of nitrogens with one attached hydrogen (secondary N) is 1. The van der Waals surface area contributed by atoms with Crippen LogP contribution in [-0.4, -0.2) is 20.7 Å². The third-order valence-corrected chi connectivity index (χ3v) is 6.75. The van der Waals surface area contributed by atoms with E-state index in [4.69, 9.17) is 11.6 Å². The quantitative estimate of drug-likeness (QED) is 0.178. The van der Waals surface area contributed by atoms with Crippen molar-refractivity contribution in [3.63, 3.8) is 0 Å². The monoisotopic (exact) mass is 526 g/mol. The highest BCUT2D eigenvalue weighted by atomic mass is 35.5. The summed E-state index contributed by atoms with van der Waals surface area (Å²) >= 11 is 7.63. The fourth-order valence-electron chi connectivity index (χ4n) is 3.65. The van der Waals surface area contributed by atoms with E-state index in [9.17, 15) is 13.6 Å². The van der Waals surface area contributed by atoms with E-state index in [0.29, 0.717) is 47.3 Å². The topological polar surface area (TPSA) is 59.8 Å². The lowest BCUT2D eigenvalue weighted by molar-refractivity contribution is -0.121. The molecule has 9 heteroatoms. The van der Waals surface area contributed by atoms with E-state index in [1.54, 1.807) is 30.3 Å². The average molecular weight is 527 g/mol. The first kappa shape index (κ1) is 25.9. The third kappa shape index (κ3) is 7.15. The van der Waals surface area contributed by atoms with Gasteiger partial charge in [0.15, 0.2) is 5.16 Å². The highest BCUT2D eigenvalue weighted by molar-refractivity contribution is 7.98. The molecule has 0 aliphatic rings. The molecule has 0 saturated carbocycles. The maximum absolute atomic E-state index is 14.1. The molecule has 0 unspecified atom stereocenters. The Labute approximate surface area is 217 Å². The zero-order chi connectivity index (χ0) is 25.3. The van der Waals surface area contributed by atoms with E-state index >= 15 is 0 Å². The maximum atomic E-state index is 14.1. The summed E-state index contributed by atoms with van der Waals surface area (Å²) in [5.41, 5.74) is 2.27. The number of aromatic nitrogens is 3. The predicted molar refractivity (Wildman–Crippen MR) is 138 cm³/mol. The number of unbranched alkanes of at least 4 members (excludes halogenated alkanes) is 1. The van der Waals surface area contributed by atoms with Crippen LogP contribution in [0.1, 0.15) is 36.2 Å². The second-order valence-corrected chi connectivity index (χ2v) is 9.58. The zero-order valence-electron chi connectivity index (χ0n) is 19.5. The molecule has 5 nitrogen and oxygen atoms in total. The number of hydrogen-bond acceptors (Lipinski definition) is 4.